The second-order valence-electron chi connectivity index (χ2n) is 5.05. The summed E-state index contributed by atoms with van der Waals surface area (Å²) in [6, 6.07) is 6.62. The highest BCUT2D eigenvalue weighted by Gasteiger charge is 2.31. The number of nitrogens with one attached hydrogen (secondary N) is 1. The third-order valence-corrected chi connectivity index (χ3v) is 6.04. The van der Waals surface area contributed by atoms with Crippen molar-refractivity contribution in [3.8, 4) is 0 Å². The van der Waals surface area contributed by atoms with E-state index in [0.29, 0.717) is 6.07 Å². The predicted octanol–water partition coefficient (Wildman–Crippen LogP) is 3.56. The minimum Gasteiger partial charge on any atom is -0.280 e. The Balaban J connectivity index is 2.47. The minimum atomic E-state index is -4.64. The summed E-state index contributed by atoms with van der Waals surface area (Å²) in [5, 5.41) is -0.271. The molecular formula is C14H11ClF3NO4S2. The van der Waals surface area contributed by atoms with Gasteiger partial charge in [-0.15, -0.1) is 0 Å². The molecule has 0 amide bonds. The number of sulfone groups is 1. The fraction of sp³-hybridized carbons (Fsp3) is 0.143. The Morgan fingerprint density at radius 3 is 2.20 bits per heavy atom. The Morgan fingerprint density at radius 2 is 1.64 bits per heavy atom. The largest absolute Gasteiger partial charge is 0.416 e. The van der Waals surface area contributed by atoms with Crippen LogP contribution in [0.3, 0.4) is 0 Å². The molecule has 136 valence electrons. The zero-order chi connectivity index (χ0) is 19.0. The van der Waals surface area contributed by atoms with Crippen molar-refractivity contribution in [2.45, 2.75) is 16.0 Å². The quantitative estimate of drug-likeness (QED) is 0.831. The van der Waals surface area contributed by atoms with Gasteiger partial charge >= 0.3 is 6.18 Å². The zero-order valence-corrected chi connectivity index (χ0v) is 14.9. The van der Waals surface area contributed by atoms with Gasteiger partial charge in [0.1, 0.15) is 4.90 Å². The van der Waals surface area contributed by atoms with Gasteiger partial charge in [-0.2, -0.15) is 13.2 Å². The molecule has 25 heavy (non-hydrogen) atoms. The molecule has 2 aromatic rings. The highest BCUT2D eigenvalue weighted by Crippen LogP contribution is 2.32. The monoisotopic (exact) mass is 413 g/mol. The van der Waals surface area contributed by atoms with Crippen LogP contribution in [0.4, 0.5) is 18.9 Å². The fourth-order valence-corrected chi connectivity index (χ4v) is 4.19. The maximum Gasteiger partial charge on any atom is 0.416 e. The van der Waals surface area contributed by atoms with Crippen LogP contribution in [-0.4, -0.2) is 23.1 Å². The van der Waals surface area contributed by atoms with E-state index in [1.165, 1.54) is 0 Å². The van der Waals surface area contributed by atoms with Crippen LogP contribution in [0, 0.1) is 0 Å². The van der Waals surface area contributed by atoms with Crippen molar-refractivity contribution in [2.24, 2.45) is 0 Å². The summed E-state index contributed by atoms with van der Waals surface area (Å²) in [5.41, 5.74) is -1.38. The molecule has 0 atom stereocenters. The average molecular weight is 414 g/mol. The molecule has 0 aliphatic carbocycles. The predicted molar refractivity (Wildman–Crippen MR) is 86.8 cm³/mol. The van der Waals surface area contributed by atoms with Crippen LogP contribution in [0.5, 0.6) is 0 Å². The molecular weight excluding hydrogens is 403 g/mol. The second kappa shape index (κ2) is 6.50. The molecule has 0 aromatic heterocycles. The van der Waals surface area contributed by atoms with E-state index >= 15 is 0 Å². The molecule has 0 saturated heterocycles. The first kappa shape index (κ1) is 19.5. The standard InChI is InChI=1S/C14H11ClF3NO4S2/c1-24(20,21)11-5-6-12(15)13(8-11)25(22,23)19-10-4-2-3-9(7-10)14(16,17)18/h2-8,19H,1H3. The molecule has 0 heterocycles. The smallest absolute Gasteiger partial charge is 0.280 e. The lowest BCUT2D eigenvalue weighted by molar-refractivity contribution is -0.137. The normalized spacial score (nSPS) is 12.8. The number of hydrogen-bond acceptors (Lipinski definition) is 4. The summed E-state index contributed by atoms with van der Waals surface area (Å²) >= 11 is 5.81. The van der Waals surface area contributed by atoms with E-state index in [2.05, 4.69) is 0 Å². The molecule has 0 spiro atoms. The number of halogens is 4. The SMILES string of the molecule is CS(=O)(=O)c1ccc(Cl)c(S(=O)(=O)Nc2cccc(C(F)(F)F)c2)c1. The lowest BCUT2D eigenvalue weighted by atomic mass is 10.2. The number of anilines is 1. The molecule has 0 fully saturated rings. The third kappa shape index (κ3) is 4.65. The number of rotatable bonds is 4. The first-order valence-electron chi connectivity index (χ1n) is 6.50. The Labute approximate surface area is 147 Å². The van der Waals surface area contributed by atoms with Crippen molar-refractivity contribution in [1.82, 2.24) is 0 Å². The van der Waals surface area contributed by atoms with Crippen molar-refractivity contribution in [3.63, 3.8) is 0 Å². The van der Waals surface area contributed by atoms with E-state index < -0.39 is 36.5 Å². The minimum absolute atomic E-state index is 0.271. The van der Waals surface area contributed by atoms with Gasteiger partial charge in [0.2, 0.25) is 0 Å². The van der Waals surface area contributed by atoms with Gasteiger partial charge in [-0.25, -0.2) is 16.8 Å². The molecule has 2 aromatic carbocycles. The van der Waals surface area contributed by atoms with E-state index in [1.54, 1.807) is 0 Å². The topological polar surface area (TPSA) is 80.3 Å². The highest BCUT2D eigenvalue weighted by molar-refractivity contribution is 7.93. The van der Waals surface area contributed by atoms with Crippen molar-refractivity contribution >= 4 is 37.1 Å². The van der Waals surface area contributed by atoms with Gasteiger partial charge in [0.25, 0.3) is 10.0 Å². The highest BCUT2D eigenvalue weighted by atomic mass is 35.5. The summed E-state index contributed by atoms with van der Waals surface area (Å²) in [6.45, 7) is 0. The summed E-state index contributed by atoms with van der Waals surface area (Å²) in [5.74, 6) is 0. The number of alkyl halides is 3. The lowest BCUT2D eigenvalue weighted by Crippen LogP contribution is -2.15. The average Bonchev–Trinajstić information content (AvgIpc) is 2.45. The van der Waals surface area contributed by atoms with Crippen LogP contribution in [0.15, 0.2) is 52.3 Å². The molecule has 0 unspecified atom stereocenters. The fourth-order valence-electron chi connectivity index (χ4n) is 1.89. The van der Waals surface area contributed by atoms with Crippen LogP contribution in [0.1, 0.15) is 5.56 Å². The summed E-state index contributed by atoms with van der Waals surface area (Å²) < 4.78 is 88.0. The Morgan fingerprint density at radius 1 is 1.00 bits per heavy atom. The van der Waals surface area contributed by atoms with Crippen LogP contribution < -0.4 is 4.72 Å². The van der Waals surface area contributed by atoms with Gasteiger partial charge in [0, 0.05) is 11.9 Å². The Bertz CT molecular complexity index is 1020. The van der Waals surface area contributed by atoms with E-state index in [9.17, 15) is 30.0 Å². The first-order chi connectivity index (χ1) is 11.3. The summed E-state index contributed by atoms with van der Waals surface area (Å²) in [4.78, 5) is -0.851. The number of benzene rings is 2. The van der Waals surface area contributed by atoms with Crippen molar-refractivity contribution < 1.29 is 30.0 Å². The molecule has 0 radical (unpaired) electrons. The molecule has 1 N–H and O–H groups in total. The van der Waals surface area contributed by atoms with Gasteiger partial charge in [0.15, 0.2) is 9.84 Å². The Hall–Kier alpha value is -1.78. The molecule has 0 aliphatic rings. The number of hydrogen-bond donors (Lipinski definition) is 1. The van der Waals surface area contributed by atoms with Crippen LogP contribution >= 0.6 is 11.6 Å². The summed E-state index contributed by atoms with van der Waals surface area (Å²) in [7, 11) is -8.10. The maximum atomic E-state index is 12.7. The maximum absolute atomic E-state index is 12.7. The molecule has 0 saturated carbocycles. The number of sulfonamides is 1. The van der Waals surface area contributed by atoms with Gasteiger partial charge in [-0.05, 0) is 36.4 Å². The zero-order valence-electron chi connectivity index (χ0n) is 12.5. The first-order valence-corrected chi connectivity index (χ1v) is 10.3. The molecule has 5 nitrogen and oxygen atoms in total. The van der Waals surface area contributed by atoms with Crippen molar-refractivity contribution in [3.05, 3.63) is 53.1 Å². The van der Waals surface area contributed by atoms with E-state index in [1.807, 2.05) is 4.72 Å². The summed E-state index contributed by atoms with van der Waals surface area (Å²) in [6.07, 6.45) is -3.76. The molecule has 0 bridgehead atoms. The van der Waals surface area contributed by atoms with Crippen molar-refractivity contribution in [1.29, 1.82) is 0 Å². The van der Waals surface area contributed by atoms with E-state index in [4.69, 9.17) is 11.6 Å². The Kier molecular flexibility index (Phi) is 5.08. The van der Waals surface area contributed by atoms with E-state index in [-0.39, 0.29) is 15.6 Å². The molecule has 0 aliphatic heterocycles. The van der Waals surface area contributed by atoms with Gasteiger partial charge in [0.05, 0.1) is 15.5 Å². The van der Waals surface area contributed by atoms with Gasteiger partial charge in [-0.1, -0.05) is 17.7 Å². The lowest BCUT2D eigenvalue weighted by Gasteiger charge is -2.12. The van der Waals surface area contributed by atoms with E-state index in [0.717, 1.165) is 42.7 Å². The van der Waals surface area contributed by atoms with Crippen LogP contribution in [0.25, 0.3) is 0 Å². The van der Waals surface area contributed by atoms with Gasteiger partial charge in [-0.3, -0.25) is 4.72 Å². The third-order valence-electron chi connectivity index (χ3n) is 3.06. The van der Waals surface area contributed by atoms with Crippen LogP contribution in [0.2, 0.25) is 5.02 Å². The molecule has 2 rings (SSSR count). The second-order valence-corrected chi connectivity index (χ2v) is 9.12. The molecule has 11 heteroatoms. The van der Waals surface area contributed by atoms with Crippen LogP contribution in [-0.2, 0) is 26.0 Å². The van der Waals surface area contributed by atoms with Crippen molar-refractivity contribution in [2.75, 3.05) is 11.0 Å². The van der Waals surface area contributed by atoms with Gasteiger partial charge < -0.3 is 0 Å².